The quantitative estimate of drug-likeness (QED) is 0.281. The predicted octanol–water partition coefficient (Wildman–Crippen LogP) is 4.92. The summed E-state index contributed by atoms with van der Waals surface area (Å²) in [5.74, 6) is 0.716. The number of carbonyl (C=O) groups excluding carboxylic acids is 1. The topological polar surface area (TPSA) is 35.5 Å². The first kappa shape index (κ1) is 19.0. The first-order chi connectivity index (χ1) is 11.0. The van der Waals surface area contributed by atoms with E-state index in [9.17, 15) is 4.79 Å². The van der Waals surface area contributed by atoms with Gasteiger partial charge in [0.25, 0.3) is 0 Å². The summed E-state index contributed by atoms with van der Waals surface area (Å²) in [5.41, 5.74) is 4.19. The van der Waals surface area contributed by atoms with Gasteiger partial charge in [-0.25, -0.2) is 4.79 Å². The number of carbonyl (C=O) groups is 1. The van der Waals surface area contributed by atoms with E-state index in [1.165, 1.54) is 16.7 Å². The second kappa shape index (κ2) is 9.88. The fourth-order valence-corrected chi connectivity index (χ4v) is 2.60. The Morgan fingerprint density at radius 2 is 1.87 bits per heavy atom. The summed E-state index contributed by atoms with van der Waals surface area (Å²) < 4.78 is 10.7. The molecule has 0 saturated carbocycles. The van der Waals surface area contributed by atoms with Crippen molar-refractivity contribution in [3.05, 3.63) is 53.3 Å². The standard InChI is InChI=1S/C20H28O3/c1-6-17(19(7-2)22-5)18-13-9-8-11-16(18)12-10-14-23-20(21)15(3)4/h8-9,11,13H,3,6-7,10,12,14H2,1-2,4-5H3. The molecule has 126 valence electrons. The minimum atomic E-state index is -0.319. The molecule has 0 spiro atoms. The number of aryl methyl sites for hydroxylation is 1. The smallest absolute Gasteiger partial charge is 0.333 e. The van der Waals surface area contributed by atoms with Crippen LogP contribution in [0.3, 0.4) is 0 Å². The molecule has 1 rings (SSSR count). The van der Waals surface area contributed by atoms with Crippen LogP contribution in [-0.4, -0.2) is 19.7 Å². The molecule has 0 N–H and O–H groups in total. The molecule has 0 aliphatic heterocycles. The number of ether oxygens (including phenoxy) is 2. The maximum Gasteiger partial charge on any atom is 0.333 e. The molecule has 1 aromatic carbocycles. The SMILES string of the molecule is C=C(C)C(=O)OCCCc1ccccc1C(CC)=C(CC)OC. The Kier molecular flexibility index (Phi) is 8.17. The minimum absolute atomic E-state index is 0.319. The van der Waals surface area contributed by atoms with Crippen LogP contribution in [0.1, 0.15) is 51.2 Å². The maximum absolute atomic E-state index is 11.4. The van der Waals surface area contributed by atoms with Crippen molar-refractivity contribution in [3.63, 3.8) is 0 Å². The van der Waals surface area contributed by atoms with E-state index >= 15 is 0 Å². The normalized spacial score (nSPS) is 11.7. The lowest BCUT2D eigenvalue weighted by Gasteiger charge is -2.16. The first-order valence-electron chi connectivity index (χ1n) is 8.22. The van der Waals surface area contributed by atoms with Crippen molar-refractivity contribution in [2.75, 3.05) is 13.7 Å². The summed E-state index contributed by atoms with van der Waals surface area (Å²) in [5, 5.41) is 0. The molecule has 1 aromatic rings. The van der Waals surface area contributed by atoms with E-state index in [0.717, 1.165) is 31.4 Å². The van der Waals surface area contributed by atoms with Crippen LogP contribution in [0.15, 0.2) is 42.2 Å². The van der Waals surface area contributed by atoms with Gasteiger partial charge in [0.2, 0.25) is 0 Å². The molecule has 0 aromatic heterocycles. The highest BCUT2D eigenvalue weighted by Gasteiger charge is 2.11. The molecule has 0 saturated heterocycles. The van der Waals surface area contributed by atoms with Gasteiger partial charge in [-0.1, -0.05) is 44.7 Å². The highest BCUT2D eigenvalue weighted by molar-refractivity contribution is 5.86. The Hall–Kier alpha value is -2.03. The monoisotopic (exact) mass is 316 g/mol. The zero-order valence-corrected chi connectivity index (χ0v) is 14.8. The fourth-order valence-electron chi connectivity index (χ4n) is 2.60. The molecule has 0 aliphatic carbocycles. The van der Waals surface area contributed by atoms with Crippen LogP contribution in [0.25, 0.3) is 5.57 Å². The molecule has 0 fully saturated rings. The van der Waals surface area contributed by atoms with Gasteiger partial charge in [0.05, 0.1) is 19.5 Å². The van der Waals surface area contributed by atoms with Gasteiger partial charge < -0.3 is 9.47 Å². The summed E-state index contributed by atoms with van der Waals surface area (Å²) >= 11 is 0. The second-order valence-corrected chi connectivity index (χ2v) is 5.49. The number of esters is 1. The first-order valence-corrected chi connectivity index (χ1v) is 8.22. The molecule has 0 heterocycles. The van der Waals surface area contributed by atoms with Crippen molar-refractivity contribution >= 4 is 11.5 Å². The van der Waals surface area contributed by atoms with Gasteiger partial charge in [-0.05, 0) is 42.9 Å². The Bertz CT molecular complexity index is 564. The number of benzene rings is 1. The summed E-state index contributed by atoms with van der Waals surface area (Å²) in [6.45, 7) is 9.91. The van der Waals surface area contributed by atoms with Crippen molar-refractivity contribution < 1.29 is 14.3 Å². The molecule has 0 amide bonds. The van der Waals surface area contributed by atoms with E-state index in [1.54, 1.807) is 14.0 Å². The molecule has 0 atom stereocenters. The lowest BCUT2D eigenvalue weighted by atomic mass is 9.93. The van der Waals surface area contributed by atoms with Crippen molar-refractivity contribution in [2.45, 2.75) is 46.5 Å². The highest BCUT2D eigenvalue weighted by Crippen LogP contribution is 2.28. The third-order valence-corrected chi connectivity index (χ3v) is 3.77. The van der Waals surface area contributed by atoms with Crippen molar-refractivity contribution in [1.29, 1.82) is 0 Å². The largest absolute Gasteiger partial charge is 0.501 e. The van der Waals surface area contributed by atoms with Crippen LogP contribution in [-0.2, 0) is 20.7 Å². The molecule has 0 radical (unpaired) electrons. The molecule has 23 heavy (non-hydrogen) atoms. The van der Waals surface area contributed by atoms with Gasteiger partial charge in [-0.15, -0.1) is 0 Å². The van der Waals surface area contributed by atoms with Gasteiger partial charge in [0.15, 0.2) is 0 Å². The average molecular weight is 316 g/mol. The molecular weight excluding hydrogens is 288 g/mol. The van der Waals surface area contributed by atoms with Gasteiger partial charge in [-0.2, -0.15) is 0 Å². The van der Waals surface area contributed by atoms with E-state index in [2.05, 4.69) is 38.6 Å². The van der Waals surface area contributed by atoms with Crippen molar-refractivity contribution in [1.82, 2.24) is 0 Å². The summed E-state index contributed by atoms with van der Waals surface area (Å²) in [6, 6.07) is 8.38. The Morgan fingerprint density at radius 3 is 2.43 bits per heavy atom. The van der Waals surface area contributed by atoms with Crippen molar-refractivity contribution in [3.8, 4) is 0 Å². The van der Waals surface area contributed by atoms with Crippen LogP contribution in [0.5, 0.6) is 0 Å². The zero-order valence-electron chi connectivity index (χ0n) is 14.8. The highest BCUT2D eigenvalue weighted by atomic mass is 16.5. The number of hydrogen-bond donors (Lipinski definition) is 0. The third kappa shape index (κ3) is 5.59. The Labute approximate surface area is 140 Å². The molecule has 0 aliphatic rings. The lowest BCUT2D eigenvalue weighted by molar-refractivity contribution is -0.139. The van der Waals surface area contributed by atoms with Crippen LogP contribution < -0.4 is 0 Å². The van der Waals surface area contributed by atoms with Gasteiger partial charge >= 0.3 is 5.97 Å². The number of rotatable bonds is 9. The van der Waals surface area contributed by atoms with Crippen LogP contribution in [0.2, 0.25) is 0 Å². The average Bonchev–Trinajstić information content (AvgIpc) is 2.56. The molecular formula is C20H28O3. The Balaban J connectivity index is 2.83. The molecule has 3 heteroatoms. The number of allylic oxidation sites excluding steroid dienone is 2. The number of methoxy groups -OCH3 is 1. The third-order valence-electron chi connectivity index (χ3n) is 3.77. The van der Waals surface area contributed by atoms with E-state index in [0.29, 0.717) is 12.2 Å². The van der Waals surface area contributed by atoms with Crippen LogP contribution in [0, 0.1) is 0 Å². The van der Waals surface area contributed by atoms with E-state index in [4.69, 9.17) is 9.47 Å². The minimum Gasteiger partial charge on any atom is -0.501 e. The molecule has 0 bridgehead atoms. The lowest BCUT2D eigenvalue weighted by Crippen LogP contribution is -2.07. The van der Waals surface area contributed by atoms with Gasteiger partial charge in [0, 0.05) is 12.0 Å². The van der Waals surface area contributed by atoms with E-state index in [-0.39, 0.29) is 5.97 Å². The van der Waals surface area contributed by atoms with Crippen molar-refractivity contribution in [2.24, 2.45) is 0 Å². The summed E-state index contributed by atoms with van der Waals surface area (Å²) in [4.78, 5) is 11.4. The van der Waals surface area contributed by atoms with E-state index < -0.39 is 0 Å². The van der Waals surface area contributed by atoms with Gasteiger partial charge in [0.1, 0.15) is 0 Å². The Morgan fingerprint density at radius 1 is 1.17 bits per heavy atom. The van der Waals surface area contributed by atoms with E-state index in [1.807, 2.05) is 6.07 Å². The fraction of sp³-hybridized carbons (Fsp3) is 0.450. The maximum atomic E-state index is 11.4. The van der Waals surface area contributed by atoms with Gasteiger partial charge in [-0.3, -0.25) is 0 Å². The molecule has 0 unspecified atom stereocenters. The molecule has 3 nitrogen and oxygen atoms in total. The number of hydrogen-bond acceptors (Lipinski definition) is 3. The van der Waals surface area contributed by atoms with Crippen LogP contribution in [0.4, 0.5) is 0 Å². The summed E-state index contributed by atoms with van der Waals surface area (Å²) in [6.07, 6.45) is 3.47. The second-order valence-electron chi connectivity index (χ2n) is 5.49. The summed E-state index contributed by atoms with van der Waals surface area (Å²) in [7, 11) is 1.73. The predicted molar refractivity (Wildman–Crippen MR) is 95.0 cm³/mol. The van der Waals surface area contributed by atoms with Crippen LogP contribution >= 0.6 is 0 Å². The zero-order chi connectivity index (χ0) is 17.2.